The van der Waals surface area contributed by atoms with Crippen molar-refractivity contribution in [1.82, 2.24) is 10.3 Å². The minimum absolute atomic E-state index is 0.0432. The molecule has 0 bridgehead atoms. The molecule has 1 unspecified atom stereocenters. The van der Waals surface area contributed by atoms with E-state index in [-0.39, 0.29) is 11.9 Å². The zero-order valence-electron chi connectivity index (χ0n) is 8.73. The summed E-state index contributed by atoms with van der Waals surface area (Å²) in [7, 11) is 0. The van der Waals surface area contributed by atoms with Gasteiger partial charge in [-0.1, -0.05) is 0 Å². The molecule has 1 aliphatic carbocycles. The van der Waals surface area contributed by atoms with Gasteiger partial charge in [0.1, 0.15) is 0 Å². The fourth-order valence-electron chi connectivity index (χ4n) is 1.67. The second kappa shape index (κ2) is 4.35. The minimum Gasteiger partial charge on any atom is -0.301 e. The maximum atomic E-state index is 11.8. The van der Waals surface area contributed by atoms with E-state index in [2.05, 4.69) is 21.0 Å². The van der Waals surface area contributed by atoms with Crippen LogP contribution in [0.4, 0.5) is 5.13 Å². The smallest absolute Gasteiger partial charge is 0.244 e. The highest BCUT2D eigenvalue weighted by Gasteiger charge is 2.27. The summed E-state index contributed by atoms with van der Waals surface area (Å²) in [5.74, 6) is 2.42. The molecule has 86 valence electrons. The summed E-state index contributed by atoms with van der Waals surface area (Å²) in [4.78, 5) is 16.2. The lowest BCUT2D eigenvalue weighted by atomic mass is 10.3. The minimum atomic E-state index is -0.0572. The van der Waals surface area contributed by atoms with Crippen LogP contribution < -0.4 is 10.6 Å². The molecule has 1 atom stereocenters. The Morgan fingerprint density at radius 1 is 1.56 bits per heavy atom. The normalized spacial score (nSPS) is 24.6. The second-order valence-electron chi connectivity index (χ2n) is 4.11. The summed E-state index contributed by atoms with van der Waals surface area (Å²) in [6.45, 7) is 0. The number of hydrogen-bond acceptors (Lipinski definition) is 5. The van der Waals surface area contributed by atoms with Gasteiger partial charge in [-0.3, -0.25) is 10.1 Å². The van der Waals surface area contributed by atoms with Crippen molar-refractivity contribution in [2.75, 3.05) is 16.9 Å². The molecule has 0 spiro atoms. The molecule has 1 amide bonds. The van der Waals surface area contributed by atoms with Crippen LogP contribution in [0.15, 0.2) is 5.38 Å². The lowest BCUT2D eigenvalue weighted by Gasteiger charge is -2.07. The highest BCUT2D eigenvalue weighted by Crippen LogP contribution is 2.40. The van der Waals surface area contributed by atoms with Crippen LogP contribution >= 0.6 is 23.1 Å². The maximum absolute atomic E-state index is 11.8. The second-order valence-corrected chi connectivity index (χ2v) is 6.00. The van der Waals surface area contributed by atoms with E-state index in [0.29, 0.717) is 5.92 Å². The fraction of sp³-hybridized carbons (Fsp3) is 0.600. The van der Waals surface area contributed by atoms with E-state index in [4.69, 9.17) is 0 Å². The molecule has 0 aromatic carbocycles. The van der Waals surface area contributed by atoms with Crippen molar-refractivity contribution in [3.05, 3.63) is 11.1 Å². The molecule has 4 nitrogen and oxygen atoms in total. The summed E-state index contributed by atoms with van der Waals surface area (Å²) >= 11 is 3.28. The Bertz CT molecular complexity index is 397. The van der Waals surface area contributed by atoms with Crippen molar-refractivity contribution in [2.45, 2.75) is 24.8 Å². The van der Waals surface area contributed by atoms with E-state index >= 15 is 0 Å². The Hall–Kier alpha value is -0.590. The van der Waals surface area contributed by atoms with E-state index in [0.717, 1.165) is 22.5 Å². The van der Waals surface area contributed by atoms with E-state index in [9.17, 15) is 4.79 Å². The lowest BCUT2D eigenvalue weighted by molar-refractivity contribution is -0.117. The van der Waals surface area contributed by atoms with Crippen molar-refractivity contribution in [3.8, 4) is 0 Å². The van der Waals surface area contributed by atoms with Gasteiger partial charge in [0, 0.05) is 22.9 Å². The predicted molar refractivity (Wildman–Crippen MR) is 67.0 cm³/mol. The molecule has 0 radical (unpaired) electrons. The molecular formula is C10H13N3OS2. The summed E-state index contributed by atoms with van der Waals surface area (Å²) in [5.41, 5.74) is 1.15. The van der Waals surface area contributed by atoms with Gasteiger partial charge >= 0.3 is 0 Å². The number of carbonyl (C=O) groups excluding carboxylic acids is 1. The highest BCUT2D eigenvalue weighted by molar-refractivity contribution is 7.99. The Balaban J connectivity index is 1.61. The van der Waals surface area contributed by atoms with Gasteiger partial charge in [-0.15, -0.1) is 23.1 Å². The number of thioether (sulfide) groups is 1. The van der Waals surface area contributed by atoms with Crippen LogP contribution in [0.3, 0.4) is 0 Å². The number of anilines is 1. The molecule has 2 N–H and O–H groups in total. The van der Waals surface area contributed by atoms with E-state index in [1.807, 2.05) is 0 Å². The molecular weight excluding hydrogens is 242 g/mol. The molecule has 3 rings (SSSR count). The van der Waals surface area contributed by atoms with Gasteiger partial charge in [0.2, 0.25) is 5.91 Å². The van der Waals surface area contributed by atoms with Crippen molar-refractivity contribution in [3.63, 3.8) is 0 Å². The van der Waals surface area contributed by atoms with E-state index < -0.39 is 0 Å². The molecule has 1 aliphatic heterocycles. The number of nitrogens with one attached hydrogen (secondary N) is 2. The Morgan fingerprint density at radius 2 is 2.44 bits per heavy atom. The molecule has 2 heterocycles. The van der Waals surface area contributed by atoms with Crippen LogP contribution in [0.25, 0.3) is 0 Å². The number of nitrogens with zero attached hydrogens (tertiary/aromatic N) is 1. The van der Waals surface area contributed by atoms with Gasteiger partial charge in [-0.2, -0.15) is 0 Å². The molecule has 1 saturated heterocycles. The number of rotatable bonds is 3. The third-order valence-corrected chi connectivity index (χ3v) is 4.50. The highest BCUT2D eigenvalue weighted by atomic mass is 32.2. The fourth-order valence-corrected chi connectivity index (χ4v) is 3.40. The third kappa shape index (κ3) is 2.23. The van der Waals surface area contributed by atoms with Crippen LogP contribution in [0.5, 0.6) is 0 Å². The number of carbonyl (C=O) groups is 1. The van der Waals surface area contributed by atoms with E-state index in [1.165, 1.54) is 24.2 Å². The van der Waals surface area contributed by atoms with Gasteiger partial charge < -0.3 is 5.32 Å². The summed E-state index contributed by atoms with van der Waals surface area (Å²) in [6, 6.07) is -0.0572. The average molecular weight is 255 g/mol. The summed E-state index contributed by atoms with van der Waals surface area (Å²) < 4.78 is 0. The predicted octanol–water partition coefficient (Wildman–Crippen LogP) is 1.62. The molecule has 1 aromatic heterocycles. The largest absolute Gasteiger partial charge is 0.301 e. The molecule has 2 fully saturated rings. The average Bonchev–Trinajstić information content (AvgIpc) is 2.82. The van der Waals surface area contributed by atoms with Crippen molar-refractivity contribution in [1.29, 1.82) is 0 Å². The van der Waals surface area contributed by atoms with Crippen LogP contribution in [0.2, 0.25) is 0 Å². The first-order chi connectivity index (χ1) is 7.83. The quantitative estimate of drug-likeness (QED) is 0.862. The van der Waals surface area contributed by atoms with Crippen molar-refractivity contribution in [2.24, 2.45) is 0 Å². The number of hydrogen-bond donors (Lipinski definition) is 2. The maximum Gasteiger partial charge on any atom is 0.244 e. The van der Waals surface area contributed by atoms with Crippen molar-refractivity contribution < 1.29 is 4.79 Å². The van der Waals surface area contributed by atoms with Crippen LogP contribution in [-0.2, 0) is 4.79 Å². The molecule has 6 heteroatoms. The molecule has 1 saturated carbocycles. The van der Waals surface area contributed by atoms with Gasteiger partial charge in [0.05, 0.1) is 11.7 Å². The lowest BCUT2D eigenvalue weighted by Crippen LogP contribution is -2.37. The van der Waals surface area contributed by atoms with Crippen LogP contribution in [-0.4, -0.2) is 28.6 Å². The molecule has 2 aliphatic rings. The number of thiazole rings is 1. The monoisotopic (exact) mass is 255 g/mol. The van der Waals surface area contributed by atoms with Crippen LogP contribution in [0.1, 0.15) is 24.5 Å². The Kier molecular flexibility index (Phi) is 2.87. The zero-order valence-corrected chi connectivity index (χ0v) is 10.4. The third-order valence-electron chi connectivity index (χ3n) is 2.78. The summed E-state index contributed by atoms with van der Waals surface area (Å²) in [5, 5.41) is 8.83. The van der Waals surface area contributed by atoms with Gasteiger partial charge in [-0.05, 0) is 12.8 Å². The van der Waals surface area contributed by atoms with Gasteiger partial charge in [-0.25, -0.2) is 4.98 Å². The van der Waals surface area contributed by atoms with Crippen LogP contribution in [0, 0.1) is 0 Å². The molecule has 1 aromatic rings. The van der Waals surface area contributed by atoms with E-state index in [1.54, 1.807) is 11.8 Å². The standard InChI is InChI=1S/C10H13N3OS2/c14-9(8-3-15-5-11-8)13-10-12-7(4-16-10)6-1-2-6/h4,6,8,11H,1-3,5H2,(H,12,13,14). The van der Waals surface area contributed by atoms with Gasteiger partial charge in [0.25, 0.3) is 0 Å². The Labute approximate surface area is 102 Å². The first-order valence-electron chi connectivity index (χ1n) is 5.40. The number of amides is 1. The first-order valence-corrected chi connectivity index (χ1v) is 7.44. The topological polar surface area (TPSA) is 54.0 Å². The van der Waals surface area contributed by atoms with Gasteiger partial charge in [0.15, 0.2) is 5.13 Å². The zero-order chi connectivity index (χ0) is 11.0. The number of aromatic nitrogens is 1. The molecule has 16 heavy (non-hydrogen) atoms. The first kappa shape index (κ1) is 10.6. The van der Waals surface area contributed by atoms with Crippen molar-refractivity contribution >= 4 is 34.1 Å². The Morgan fingerprint density at radius 3 is 3.12 bits per heavy atom. The summed E-state index contributed by atoms with van der Waals surface area (Å²) in [6.07, 6.45) is 2.50. The SMILES string of the molecule is O=C(Nc1nc(C2CC2)cs1)C1CSCN1.